The van der Waals surface area contributed by atoms with E-state index in [4.69, 9.17) is 0 Å². The Morgan fingerprint density at radius 1 is 1.06 bits per heavy atom. The molecular formula is C22H23F3IN3O2. The topological polar surface area (TPSA) is 55.8 Å². The van der Waals surface area contributed by atoms with Gasteiger partial charge in [-0.2, -0.15) is 0 Å². The van der Waals surface area contributed by atoms with Crippen molar-refractivity contribution < 1.29 is 23.1 Å². The Morgan fingerprint density at radius 3 is 2.45 bits per heavy atom. The van der Waals surface area contributed by atoms with Crippen LogP contribution in [0.3, 0.4) is 0 Å². The average molecular weight is 545 g/mol. The maximum absolute atomic E-state index is 14.6. The molecule has 2 aliphatic heterocycles. The fourth-order valence-electron chi connectivity index (χ4n) is 4.19. The van der Waals surface area contributed by atoms with Gasteiger partial charge in [-0.3, -0.25) is 4.79 Å². The largest absolute Gasteiger partial charge is 0.385 e. The van der Waals surface area contributed by atoms with Gasteiger partial charge in [-0.1, -0.05) is 6.42 Å². The number of halogens is 4. The van der Waals surface area contributed by atoms with Gasteiger partial charge in [0.05, 0.1) is 30.0 Å². The Labute approximate surface area is 192 Å². The highest BCUT2D eigenvalue weighted by Gasteiger charge is 2.45. The van der Waals surface area contributed by atoms with Crippen molar-refractivity contribution in [2.75, 3.05) is 38.0 Å². The maximum Gasteiger partial charge on any atom is 0.256 e. The van der Waals surface area contributed by atoms with Gasteiger partial charge >= 0.3 is 0 Å². The number of nitrogens with one attached hydrogen (secondary N) is 1. The number of nitrogens with zero attached hydrogens (tertiary/aromatic N) is 2. The third kappa shape index (κ3) is 4.83. The molecule has 2 fully saturated rings. The van der Waals surface area contributed by atoms with Crippen LogP contribution in [0.4, 0.5) is 24.5 Å². The van der Waals surface area contributed by atoms with Crippen LogP contribution in [-0.2, 0) is 0 Å². The summed E-state index contributed by atoms with van der Waals surface area (Å²) in [6.07, 6.45) is 3.38. The van der Waals surface area contributed by atoms with Crippen molar-refractivity contribution in [3.8, 4) is 0 Å². The highest BCUT2D eigenvalue weighted by atomic mass is 127. The number of carbonyl (C=O) groups is 1. The second kappa shape index (κ2) is 8.95. The summed E-state index contributed by atoms with van der Waals surface area (Å²) in [5.41, 5.74) is -1.61. The summed E-state index contributed by atoms with van der Waals surface area (Å²) in [5.74, 6) is -3.59. The summed E-state index contributed by atoms with van der Waals surface area (Å²) in [6.45, 7) is 2.55. The van der Waals surface area contributed by atoms with E-state index in [1.54, 1.807) is 6.07 Å². The number of aliphatic hydroxyl groups is 1. The third-order valence-electron chi connectivity index (χ3n) is 5.74. The van der Waals surface area contributed by atoms with Crippen LogP contribution in [-0.4, -0.2) is 59.1 Å². The first-order chi connectivity index (χ1) is 14.8. The first-order valence-electron chi connectivity index (χ1n) is 10.2. The number of carbonyl (C=O) groups excluding carboxylic acids is 1. The first kappa shape index (κ1) is 22.3. The smallest absolute Gasteiger partial charge is 0.256 e. The van der Waals surface area contributed by atoms with E-state index in [9.17, 15) is 23.1 Å². The molecule has 2 aliphatic rings. The zero-order valence-electron chi connectivity index (χ0n) is 16.8. The van der Waals surface area contributed by atoms with E-state index in [2.05, 4.69) is 10.2 Å². The van der Waals surface area contributed by atoms with Gasteiger partial charge < -0.3 is 20.2 Å². The predicted octanol–water partition coefficient (Wildman–Crippen LogP) is 4.12. The van der Waals surface area contributed by atoms with E-state index in [1.165, 1.54) is 29.5 Å². The average Bonchev–Trinajstić information content (AvgIpc) is 2.71. The van der Waals surface area contributed by atoms with Crippen molar-refractivity contribution in [1.29, 1.82) is 0 Å². The number of hydrogen-bond donors (Lipinski definition) is 2. The third-order valence-corrected chi connectivity index (χ3v) is 6.41. The van der Waals surface area contributed by atoms with Crippen LogP contribution >= 0.6 is 22.6 Å². The fourth-order valence-corrected chi connectivity index (χ4v) is 4.64. The molecule has 0 unspecified atom stereocenters. The molecule has 0 bridgehead atoms. The van der Waals surface area contributed by atoms with E-state index >= 15 is 0 Å². The summed E-state index contributed by atoms with van der Waals surface area (Å²) in [5, 5.41) is 13.3. The first-order valence-corrected chi connectivity index (χ1v) is 11.3. The Bertz CT molecular complexity index is 992. The lowest BCUT2D eigenvalue weighted by molar-refractivity contribution is -0.0993. The van der Waals surface area contributed by atoms with Crippen LogP contribution in [0, 0.1) is 21.0 Å². The predicted molar refractivity (Wildman–Crippen MR) is 120 cm³/mol. The summed E-state index contributed by atoms with van der Waals surface area (Å²) < 4.78 is 43.4. The quantitative estimate of drug-likeness (QED) is 0.556. The maximum atomic E-state index is 14.6. The number of benzene rings is 2. The molecule has 0 atom stereocenters. The molecule has 166 valence electrons. The van der Waals surface area contributed by atoms with Gasteiger partial charge in [-0.05, 0) is 78.9 Å². The van der Waals surface area contributed by atoms with Crippen LogP contribution in [0.2, 0.25) is 0 Å². The van der Waals surface area contributed by atoms with Crippen LogP contribution in [0.15, 0.2) is 30.3 Å². The number of anilines is 2. The van der Waals surface area contributed by atoms with Gasteiger partial charge in [-0.25, -0.2) is 13.2 Å². The Balaban J connectivity index is 1.51. The number of hydrogen-bond acceptors (Lipinski definition) is 4. The minimum Gasteiger partial charge on any atom is -0.385 e. The SMILES string of the molecule is O=C(c1ccc(F)c(F)c1Nc1ccc(I)cc1F)N1CC(O)(CN2CCCCC2)C1. The monoisotopic (exact) mass is 545 g/mol. The molecule has 1 amide bonds. The van der Waals surface area contributed by atoms with E-state index in [0.717, 1.165) is 32.0 Å². The molecule has 2 aromatic rings. The molecule has 2 aromatic carbocycles. The standard InChI is InChI=1S/C22H23F3IN3O2/c23-16-6-5-15(20(19(16)25)27-18-7-4-14(26)10-17(18)24)21(30)29-12-22(31,13-29)11-28-8-2-1-3-9-28/h4-7,10,27,31H,1-3,8-9,11-13H2. The highest BCUT2D eigenvalue weighted by molar-refractivity contribution is 14.1. The molecule has 0 saturated carbocycles. The molecule has 2 heterocycles. The van der Waals surface area contributed by atoms with Gasteiger partial charge in [0.1, 0.15) is 11.4 Å². The van der Waals surface area contributed by atoms with Crippen molar-refractivity contribution in [2.45, 2.75) is 24.9 Å². The van der Waals surface area contributed by atoms with Crippen LogP contribution < -0.4 is 5.32 Å². The molecule has 0 radical (unpaired) electrons. The van der Waals surface area contributed by atoms with E-state index in [0.29, 0.717) is 10.1 Å². The normalized spacial score (nSPS) is 18.5. The lowest BCUT2D eigenvalue weighted by Gasteiger charge is -2.49. The minimum atomic E-state index is -1.26. The molecular weight excluding hydrogens is 522 g/mol. The molecule has 9 heteroatoms. The van der Waals surface area contributed by atoms with Crippen molar-refractivity contribution in [2.24, 2.45) is 0 Å². The van der Waals surface area contributed by atoms with Gasteiger partial charge in [0, 0.05) is 10.1 Å². The molecule has 2 saturated heterocycles. The molecule has 2 N–H and O–H groups in total. The van der Waals surface area contributed by atoms with E-state index in [1.807, 2.05) is 22.6 Å². The molecule has 4 rings (SSSR count). The minimum absolute atomic E-state index is 0.0656. The Morgan fingerprint density at radius 2 is 1.77 bits per heavy atom. The van der Waals surface area contributed by atoms with E-state index in [-0.39, 0.29) is 24.3 Å². The lowest BCUT2D eigenvalue weighted by atomic mass is 9.91. The number of β-amino-alcohol motifs (C(OH)–C–C–N with tert-alkyl or cyclic N) is 1. The number of piperidine rings is 1. The zero-order valence-corrected chi connectivity index (χ0v) is 19.0. The summed E-state index contributed by atoms with van der Waals surface area (Å²) >= 11 is 1.94. The van der Waals surface area contributed by atoms with Gasteiger partial charge in [0.15, 0.2) is 11.6 Å². The van der Waals surface area contributed by atoms with Crippen LogP contribution in [0.25, 0.3) is 0 Å². The second-order valence-corrected chi connectivity index (χ2v) is 9.50. The van der Waals surface area contributed by atoms with Crippen molar-refractivity contribution in [3.63, 3.8) is 0 Å². The summed E-state index contributed by atoms with van der Waals surface area (Å²) in [6, 6.07) is 6.31. The Hall–Kier alpha value is -1.85. The molecule has 5 nitrogen and oxygen atoms in total. The van der Waals surface area contributed by atoms with Crippen molar-refractivity contribution >= 4 is 39.9 Å². The number of rotatable bonds is 5. The fraction of sp³-hybridized carbons (Fsp3) is 0.409. The van der Waals surface area contributed by atoms with Gasteiger partial charge in [0.2, 0.25) is 0 Å². The molecule has 31 heavy (non-hydrogen) atoms. The van der Waals surface area contributed by atoms with Crippen LogP contribution in [0.5, 0.6) is 0 Å². The van der Waals surface area contributed by atoms with Crippen LogP contribution in [0.1, 0.15) is 29.6 Å². The summed E-state index contributed by atoms with van der Waals surface area (Å²) in [4.78, 5) is 16.6. The Kier molecular flexibility index (Phi) is 6.45. The molecule has 0 aromatic heterocycles. The van der Waals surface area contributed by atoms with Gasteiger partial charge in [0.25, 0.3) is 5.91 Å². The second-order valence-electron chi connectivity index (χ2n) is 8.26. The van der Waals surface area contributed by atoms with Crippen molar-refractivity contribution in [1.82, 2.24) is 9.80 Å². The number of amides is 1. The molecule has 0 spiro atoms. The molecule has 0 aliphatic carbocycles. The van der Waals surface area contributed by atoms with Crippen molar-refractivity contribution in [3.05, 3.63) is 56.9 Å². The number of likely N-dealkylation sites (tertiary alicyclic amines) is 2. The lowest BCUT2D eigenvalue weighted by Crippen LogP contribution is -2.67. The van der Waals surface area contributed by atoms with E-state index < -0.39 is 34.6 Å². The summed E-state index contributed by atoms with van der Waals surface area (Å²) in [7, 11) is 0. The van der Waals surface area contributed by atoms with Gasteiger partial charge in [-0.15, -0.1) is 0 Å². The highest BCUT2D eigenvalue weighted by Crippen LogP contribution is 2.32. The zero-order chi connectivity index (χ0) is 22.2.